The lowest BCUT2D eigenvalue weighted by Crippen LogP contribution is -2.39. The number of aromatic nitrogens is 4. The molecular weight excluding hydrogens is 294 g/mol. The number of anilines is 2. The fourth-order valence-electron chi connectivity index (χ4n) is 2.30. The predicted octanol–water partition coefficient (Wildman–Crippen LogP) is 0.623. The molecule has 2 aromatic rings. The van der Waals surface area contributed by atoms with Gasteiger partial charge >= 0.3 is 0 Å². The number of hydrogen-bond donors (Lipinski definition) is 2. The Morgan fingerprint density at radius 2 is 2.09 bits per heavy atom. The molecule has 2 N–H and O–H groups in total. The first kappa shape index (κ1) is 15.6. The first-order chi connectivity index (χ1) is 11.4. The van der Waals surface area contributed by atoms with Gasteiger partial charge in [-0.15, -0.1) is 5.10 Å². The van der Waals surface area contributed by atoms with Crippen molar-refractivity contribution in [2.75, 3.05) is 50.0 Å². The summed E-state index contributed by atoms with van der Waals surface area (Å²) in [6, 6.07) is 5.82. The Hall–Kier alpha value is -2.32. The normalized spacial score (nSPS) is 15.3. The van der Waals surface area contributed by atoms with E-state index in [1.807, 2.05) is 18.2 Å². The van der Waals surface area contributed by atoms with Gasteiger partial charge in [-0.1, -0.05) is 6.07 Å². The van der Waals surface area contributed by atoms with Crippen LogP contribution in [0.2, 0.25) is 0 Å². The molecule has 1 aliphatic heterocycles. The number of morpholine rings is 1. The van der Waals surface area contributed by atoms with Crippen LogP contribution in [0.1, 0.15) is 5.69 Å². The Morgan fingerprint density at radius 1 is 1.17 bits per heavy atom. The van der Waals surface area contributed by atoms with Crippen LogP contribution in [0.3, 0.4) is 0 Å². The van der Waals surface area contributed by atoms with Crippen LogP contribution in [0.25, 0.3) is 0 Å². The molecule has 0 saturated carbocycles. The minimum atomic E-state index is 0.532. The van der Waals surface area contributed by atoms with Gasteiger partial charge in [0.25, 0.3) is 0 Å². The van der Waals surface area contributed by atoms with Crippen LogP contribution >= 0.6 is 0 Å². The second-order valence-corrected chi connectivity index (χ2v) is 5.22. The van der Waals surface area contributed by atoms with E-state index in [4.69, 9.17) is 4.74 Å². The van der Waals surface area contributed by atoms with Gasteiger partial charge in [-0.3, -0.25) is 9.88 Å². The Bertz CT molecular complexity index is 589. The molecule has 0 amide bonds. The molecule has 0 radical (unpaired) electrons. The maximum atomic E-state index is 5.33. The van der Waals surface area contributed by atoms with Gasteiger partial charge in [0.1, 0.15) is 0 Å². The smallest absolute Gasteiger partial charge is 0.244 e. The van der Waals surface area contributed by atoms with Crippen molar-refractivity contribution in [3.63, 3.8) is 0 Å². The van der Waals surface area contributed by atoms with Gasteiger partial charge in [0.15, 0.2) is 5.82 Å². The number of nitrogens with one attached hydrogen (secondary N) is 2. The molecule has 2 aromatic heterocycles. The minimum absolute atomic E-state index is 0.532. The molecule has 23 heavy (non-hydrogen) atoms. The van der Waals surface area contributed by atoms with Crippen LogP contribution in [-0.2, 0) is 11.3 Å². The molecule has 0 bridgehead atoms. The number of rotatable bonds is 7. The van der Waals surface area contributed by atoms with Gasteiger partial charge in [0.05, 0.1) is 31.6 Å². The highest BCUT2D eigenvalue weighted by atomic mass is 16.5. The summed E-state index contributed by atoms with van der Waals surface area (Å²) in [6.45, 7) is 5.91. The van der Waals surface area contributed by atoms with Gasteiger partial charge in [-0.05, 0) is 12.1 Å². The predicted molar refractivity (Wildman–Crippen MR) is 87.1 cm³/mol. The topological polar surface area (TPSA) is 88.1 Å². The summed E-state index contributed by atoms with van der Waals surface area (Å²) in [5.74, 6) is 1.21. The molecule has 1 aliphatic rings. The van der Waals surface area contributed by atoms with Crippen LogP contribution in [-0.4, -0.2) is 64.5 Å². The van der Waals surface area contributed by atoms with Crippen LogP contribution in [0, 0.1) is 0 Å². The zero-order valence-corrected chi connectivity index (χ0v) is 13.0. The molecule has 3 heterocycles. The highest BCUT2D eigenvalue weighted by molar-refractivity contribution is 5.37. The summed E-state index contributed by atoms with van der Waals surface area (Å²) in [7, 11) is 0. The van der Waals surface area contributed by atoms with Crippen molar-refractivity contribution in [1.29, 1.82) is 0 Å². The molecule has 8 nitrogen and oxygen atoms in total. The Kier molecular flexibility index (Phi) is 5.65. The largest absolute Gasteiger partial charge is 0.379 e. The second kappa shape index (κ2) is 8.35. The highest BCUT2D eigenvalue weighted by Crippen LogP contribution is 2.05. The van der Waals surface area contributed by atoms with E-state index in [9.17, 15) is 0 Å². The third kappa shape index (κ3) is 5.11. The zero-order chi connectivity index (χ0) is 15.7. The van der Waals surface area contributed by atoms with E-state index in [1.54, 1.807) is 12.4 Å². The van der Waals surface area contributed by atoms with Gasteiger partial charge in [-0.25, -0.2) is 0 Å². The van der Waals surface area contributed by atoms with Crippen molar-refractivity contribution in [1.82, 2.24) is 25.1 Å². The van der Waals surface area contributed by atoms with Crippen molar-refractivity contribution in [3.05, 3.63) is 36.3 Å². The van der Waals surface area contributed by atoms with Crippen molar-refractivity contribution < 1.29 is 4.74 Å². The quantitative estimate of drug-likeness (QED) is 0.769. The number of nitrogens with zero attached hydrogens (tertiary/aromatic N) is 5. The summed E-state index contributed by atoms with van der Waals surface area (Å²) in [4.78, 5) is 11.0. The van der Waals surface area contributed by atoms with E-state index >= 15 is 0 Å². The van der Waals surface area contributed by atoms with Gasteiger partial charge in [-0.2, -0.15) is 10.1 Å². The monoisotopic (exact) mass is 315 g/mol. The van der Waals surface area contributed by atoms with Crippen LogP contribution in [0.5, 0.6) is 0 Å². The third-order valence-corrected chi connectivity index (χ3v) is 3.55. The molecule has 122 valence electrons. The lowest BCUT2D eigenvalue weighted by molar-refractivity contribution is 0.0398. The standard InChI is InChI=1S/C15H21N7O/c1-2-4-16-13(3-1)11-18-14-12-19-21-15(20-14)17-5-6-22-7-9-23-10-8-22/h1-4,12H,5-11H2,(H2,17,18,20,21). The Labute approximate surface area is 135 Å². The molecule has 8 heteroatoms. The molecule has 0 atom stereocenters. The third-order valence-electron chi connectivity index (χ3n) is 3.55. The number of hydrogen-bond acceptors (Lipinski definition) is 8. The highest BCUT2D eigenvalue weighted by Gasteiger charge is 2.09. The van der Waals surface area contributed by atoms with Crippen molar-refractivity contribution in [2.45, 2.75) is 6.54 Å². The summed E-state index contributed by atoms with van der Waals surface area (Å²) in [5.41, 5.74) is 0.952. The fraction of sp³-hybridized carbons (Fsp3) is 0.467. The van der Waals surface area contributed by atoms with E-state index in [-0.39, 0.29) is 0 Å². The molecule has 0 aliphatic carbocycles. The van der Waals surface area contributed by atoms with Gasteiger partial charge in [0.2, 0.25) is 5.95 Å². The summed E-state index contributed by atoms with van der Waals surface area (Å²) >= 11 is 0. The van der Waals surface area contributed by atoms with Crippen molar-refractivity contribution >= 4 is 11.8 Å². The number of pyridine rings is 1. The molecule has 1 saturated heterocycles. The summed E-state index contributed by atoms with van der Waals surface area (Å²) in [6.07, 6.45) is 3.38. The van der Waals surface area contributed by atoms with Crippen molar-refractivity contribution in [3.8, 4) is 0 Å². The number of ether oxygens (including phenoxy) is 1. The van der Waals surface area contributed by atoms with Gasteiger partial charge in [0, 0.05) is 32.4 Å². The SMILES string of the molecule is c1ccc(CNc2cnnc(NCCN3CCOCC3)n2)nc1. The van der Waals surface area contributed by atoms with Gasteiger partial charge < -0.3 is 15.4 Å². The zero-order valence-electron chi connectivity index (χ0n) is 13.0. The molecule has 0 aromatic carbocycles. The molecule has 1 fully saturated rings. The van der Waals surface area contributed by atoms with Crippen LogP contribution in [0.4, 0.5) is 11.8 Å². The average Bonchev–Trinajstić information content (AvgIpc) is 2.62. The lowest BCUT2D eigenvalue weighted by Gasteiger charge is -2.26. The first-order valence-corrected chi connectivity index (χ1v) is 7.77. The Balaban J connectivity index is 1.45. The summed E-state index contributed by atoms with van der Waals surface area (Å²) in [5, 5.41) is 14.4. The molecule has 0 spiro atoms. The molecule has 0 unspecified atom stereocenters. The Morgan fingerprint density at radius 3 is 2.91 bits per heavy atom. The van der Waals surface area contributed by atoms with E-state index in [0.717, 1.165) is 45.1 Å². The summed E-state index contributed by atoms with van der Waals surface area (Å²) < 4.78 is 5.33. The molecule has 3 rings (SSSR count). The minimum Gasteiger partial charge on any atom is -0.379 e. The second-order valence-electron chi connectivity index (χ2n) is 5.22. The van der Waals surface area contributed by atoms with E-state index in [2.05, 4.69) is 35.7 Å². The van der Waals surface area contributed by atoms with E-state index in [1.165, 1.54) is 0 Å². The average molecular weight is 315 g/mol. The molecular formula is C15H21N7O. The maximum absolute atomic E-state index is 5.33. The van der Waals surface area contributed by atoms with Crippen LogP contribution < -0.4 is 10.6 Å². The van der Waals surface area contributed by atoms with E-state index < -0.39 is 0 Å². The first-order valence-electron chi connectivity index (χ1n) is 7.77. The van der Waals surface area contributed by atoms with E-state index in [0.29, 0.717) is 18.3 Å². The van der Waals surface area contributed by atoms with Crippen molar-refractivity contribution in [2.24, 2.45) is 0 Å². The maximum Gasteiger partial charge on any atom is 0.244 e. The fourth-order valence-corrected chi connectivity index (χ4v) is 2.30. The van der Waals surface area contributed by atoms with Crippen LogP contribution in [0.15, 0.2) is 30.6 Å². The lowest BCUT2D eigenvalue weighted by atomic mass is 10.3.